The molecular formula is C29H38O5. The molecule has 5 heteroatoms. The summed E-state index contributed by atoms with van der Waals surface area (Å²) in [6.45, 7) is 10.8. The molecule has 0 spiro atoms. The van der Waals surface area contributed by atoms with Crippen molar-refractivity contribution in [3.63, 3.8) is 0 Å². The predicted molar refractivity (Wildman–Crippen MR) is 135 cm³/mol. The summed E-state index contributed by atoms with van der Waals surface area (Å²) in [4.78, 5) is 36.1. The number of fused-ring (bicyclic) bond motifs is 1. The van der Waals surface area contributed by atoms with Crippen LogP contribution in [0, 0.1) is 0 Å². The molecule has 1 aromatic rings. The van der Waals surface area contributed by atoms with Crippen LogP contribution in [-0.4, -0.2) is 34.3 Å². The van der Waals surface area contributed by atoms with Crippen LogP contribution in [-0.2, 0) is 16.0 Å². The summed E-state index contributed by atoms with van der Waals surface area (Å²) in [6, 6.07) is 5.48. The molecule has 2 rings (SSSR count). The van der Waals surface area contributed by atoms with Crippen molar-refractivity contribution in [1.82, 2.24) is 0 Å². The lowest BCUT2D eigenvalue weighted by Crippen LogP contribution is -2.42. The minimum absolute atomic E-state index is 0.0867. The highest BCUT2D eigenvalue weighted by Crippen LogP contribution is 2.26. The van der Waals surface area contributed by atoms with Gasteiger partial charge in [0.25, 0.3) is 0 Å². The summed E-state index contributed by atoms with van der Waals surface area (Å²) in [6.07, 6.45) is 9.09. The van der Waals surface area contributed by atoms with Crippen LogP contribution in [0.4, 0.5) is 0 Å². The second-order valence-electron chi connectivity index (χ2n) is 9.80. The number of aryl methyl sites for hydroxylation is 1. The number of ketones is 2. The third-order valence-electron chi connectivity index (χ3n) is 6.23. The van der Waals surface area contributed by atoms with Crippen LogP contribution in [0.2, 0.25) is 0 Å². The number of aliphatic hydroxyl groups is 1. The fourth-order valence-corrected chi connectivity index (χ4v) is 4.16. The summed E-state index contributed by atoms with van der Waals surface area (Å²) < 4.78 is 5.48. The average molecular weight is 467 g/mol. The Bertz CT molecular complexity index is 1020. The quantitative estimate of drug-likeness (QED) is 0.315. The van der Waals surface area contributed by atoms with Crippen LogP contribution in [0.3, 0.4) is 0 Å². The number of hydrogen-bond donors (Lipinski definition) is 1. The normalized spacial score (nSPS) is 16.3. The average Bonchev–Trinajstić information content (AvgIpc) is 2.74. The summed E-state index contributed by atoms with van der Waals surface area (Å²) in [5.41, 5.74) is 3.70. The highest BCUT2D eigenvalue weighted by atomic mass is 16.6. The van der Waals surface area contributed by atoms with Gasteiger partial charge < -0.3 is 9.84 Å². The van der Waals surface area contributed by atoms with Crippen LogP contribution in [0.25, 0.3) is 0 Å². The van der Waals surface area contributed by atoms with E-state index in [2.05, 4.69) is 12.2 Å². The van der Waals surface area contributed by atoms with Gasteiger partial charge in [0, 0.05) is 23.6 Å². The highest BCUT2D eigenvalue weighted by Gasteiger charge is 2.33. The summed E-state index contributed by atoms with van der Waals surface area (Å²) in [7, 11) is 0. The number of carbonyl (C=O) groups excluding carboxylic acids is 3. The molecule has 34 heavy (non-hydrogen) atoms. The number of Topliss-reactive ketones (excluding diaryl/α,β-unsaturated/α-hetero) is 1. The van der Waals surface area contributed by atoms with Gasteiger partial charge in [0.15, 0.2) is 11.6 Å². The zero-order valence-electron chi connectivity index (χ0n) is 21.4. The Kier molecular flexibility index (Phi) is 9.75. The van der Waals surface area contributed by atoms with Gasteiger partial charge in [-0.3, -0.25) is 14.4 Å². The molecule has 0 bridgehead atoms. The van der Waals surface area contributed by atoms with Gasteiger partial charge in [-0.05, 0) is 90.8 Å². The molecule has 0 saturated heterocycles. The van der Waals surface area contributed by atoms with E-state index in [-0.39, 0.29) is 17.5 Å². The number of rotatable bonds is 11. The topological polar surface area (TPSA) is 80.7 Å². The number of esters is 1. The Labute approximate surface area is 203 Å². The first-order valence-electron chi connectivity index (χ1n) is 12.0. The minimum Gasteiger partial charge on any atom is -0.459 e. The van der Waals surface area contributed by atoms with E-state index < -0.39 is 11.7 Å². The lowest BCUT2D eigenvalue weighted by molar-refractivity contribution is -0.162. The molecule has 0 fully saturated rings. The molecule has 0 radical (unpaired) electrons. The lowest BCUT2D eigenvalue weighted by atomic mass is 9.88. The Morgan fingerprint density at radius 1 is 1.09 bits per heavy atom. The summed E-state index contributed by atoms with van der Waals surface area (Å²) in [5.74, 6) is -0.593. The molecule has 0 saturated carbocycles. The lowest BCUT2D eigenvalue weighted by Gasteiger charge is -2.32. The van der Waals surface area contributed by atoms with Crippen LogP contribution in [0.1, 0.15) is 99.9 Å². The van der Waals surface area contributed by atoms with Gasteiger partial charge in [-0.2, -0.15) is 0 Å². The Hall–Kier alpha value is -2.79. The zero-order valence-corrected chi connectivity index (χ0v) is 21.4. The predicted octanol–water partition coefficient (Wildman–Crippen LogP) is 6.10. The van der Waals surface area contributed by atoms with E-state index in [4.69, 9.17) is 4.74 Å². The summed E-state index contributed by atoms with van der Waals surface area (Å²) >= 11 is 0. The minimum atomic E-state index is -1.10. The van der Waals surface area contributed by atoms with Gasteiger partial charge in [0.1, 0.15) is 6.10 Å². The molecule has 0 aromatic heterocycles. The monoisotopic (exact) mass is 466 g/mol. The number of ether oxygens (including phenoxy) is 1. The van der Waals surface area contributed by atoms with E-state index >= 15 is 0 Å². The van der Waals surface area contributed by atoms with E-state index in [1.165, 1.54) is 18.6 Å². The van der Waals surface area contributed by atoms with Gasteiger partial charge in [-0.15, -0.1) is 0 Å². The Balaban J connectivity index is 1.96. The second kappa shape index (κ2) is 12.1. The molecule has 1 aromatic carbocycles. The van der Waals surface area contributed by atoms with Gasteiger partial charge in [0.2, 0.25) is 0 Å². The maximum absolute atomic E-state index is 12.4. The molecule has 0 aliphatic heterocycles. The fraction of sp³-hybridized carbons (Fsp3) is 0.483. The van der Waals surface area contributed by atoms with E-state index in [0.29, 0.717) is 36.0 Å². The molecule has 0 heterocycles. The molecule has 0 amide bonds. The van der Waals surface area contributed by atoms with Crippen molar-refractivity contribution in [3.8, 4) is 0 Å². The van der Waals surface area contributed by atoms with E-state index in [9.17, 15) is 19.5 Å². The van der Waals surface area contributed by atoms with Crippen molar-refractivity contribution in [2.75, 3.05) is 0 Å². The van der Waals surface area contributed by atoms with Crippen LogP contribution in [0.5, 0.6) is 0 Å². The molecule has 2 atom stereocenters. The fourth-order valence-electron chi connectivity index (χ4n) is 4.16. The molecular weight excluding hydrogens is 428 g/mol. The van der Waals surface area contributed by atoms with Crippen LogP contribution in [0.15, 0.2) is 53.1 Å². The van der Waals surface area contributed by atoms with Crippen molar-refractivity contribution in [2.45, 2.75) is 91.8 Å². The van der Waals surface area contributed by atoms with Crippen LogP contribution < -0.4 is 0 Å². The van der Waals surface area contributed by atoms with E-state index in [1.54, 1.807) is 19.9 Å². The smallest absolute Gasteiger partial charge is 0.303 e. The maximum Gasteiger partial charge on any atom is 0.303 e. The van der Waals surface area contributed by atoms with Crippen molar-refractivity contribution < 1.29 is 24.2 Å². The maximum atomic E-state index is 12.4. The van der Waals surface area contributed by atoms with Gasteiger partial charge in [0.05, 0.1) is 5.60 Å². The molecule has 0 unspecified atom stereocenters. The van der Waals surface area contributed by atoms with Gasteiger partial charge in [-0.25, -0.2) is 0 Å². The number of allylic oxidation sites excluding steroid dienone is 6. The molecule has 1 aliphatic rings. The Morgan fingerprint density at radius 2 is 1.79 bits per heavy atom. The number of hydrogen-bond acceptors (Lipinski definition) is 5. The van der Waals surface area contributed by atoms with Crippen molar-refractivity contribution in [2.24, 2.45) is 0 Å². The van der Waals surface area contributed by atoms with Gasteiger partial charge >= 0.3 is 5.97 Å². The third-order valence-corrected chi connectivity index (χ3v) is 6.23. The molecule has 5 nitrogen and oxygen atoms in total. The first-order chi connectivity index (χ1) is 15.9. The molecule has 1 N–H and O–H groups in total. The number of benzene rings is 1. The standard InChI is InChI=1S/C29H38O5/c1-19(2)9-8-16-29(6,33)27(34-22(5)30)15-12-20(3)10-7-11-23-13-14-24-25(18-23)28(32)21(4)17-26(24)31/h9-10,13-14,17-18,27,33H,7-8,11-12,15-16H2,1-6H3/t27-,29+/m1/s1. The molecule has 184 valence electrons. The highest BCUT2D eigenvalue weighted by molar-refractivity contribution is 6.24. The van der Waals surface area contributed by atoms with Crippen molar-refractivity contribution >= 4 is 17.5 Å². The SMILES string of the molecule is CC(=O)O[C@H](CCC(C)=CCCc1ccc2c(c1)C(=O)C(C)=CC2=O)[C@@](C)(O)CCC=C(C)C. The second-order valence-corrected chi connectivity index (χ2v) is 9.80. The largest absolute Gasteiger partial charge is 0.459 e. The van der Waals surface area contributed by atoms with Crippen LogP contribution >= 0.6 is 0 Å². The van der Waals surface area contributed by atoms with E-state index in [0.717, 1.165) is 30.4 Å². The Morgan fingerprint density at radius 3 is 2.44 bits per heavy atom. The third kappa shape index (κ3) is 7.91. The summed E-state index contributed by atoms with van der Waals surface area (Å²) in [5, 5.41) is 10.9. The van der Waals surface area contributed by atoms with E-state index in [1.807, 2.05) is 32.9 Å². The van der Waals surface area contributed by atoms with Crippen molar-refractivity contribution in [3.05, 3.63) is 69.8 Å². The van der Waals surface area contributed by atoms with Gasteiger partial charge in [-0.1, -0.05) is 35.4 Å². The molecule has 1 aliphatic carbocycles. The first kappa shape index (κ1) is 27.5. The first-order valence-corrected chi connectivity index (χ1v) is 12.0. The van der Waals surface area contributed by atoms with Crippen molar-refractivity contribution in [1.29, 1.82) is 0 Å². The number of carbonyl (C=O) groups is 3. The zero-order chi connectivity index (χ0) is 25.5.